The monoisotopic (exact) mass is 355 g/mol. The molecule has 1 N–H and O–H groups in total. The molecule has 2 aliphatic heterocycles. The lowest BCUT2D eigenvalue weighted by molar-refractivity contribution is -0.169. The number of anilines is 1. The molecule has 8 heteroatoms. The second-order valence-corrected chi connectivity index (χ2v) is 6.37. The van der Waals surface area contributed by atoms with Crippen LogP contribution in [0.25, 0.3) is 0 Å². The van der Waals surface area contributed by atoms with Gasteiger partial charge in [0.05, 0.1) is 13.2 Å². The van der Waals surface area contributed by atoms with Crippen molar-refractivity contribution in [2.24, 2.45) is 0 Å². The van der Waals surface area contributed by atoms with Crippen molar-refractivity contribution in [2.45, 2.75) is 25.2 Å². The summed E-state index contributed by atoms with van der Waals surface area (Å²) in [6.07, 6.45) is 6.57. The van der Waals surface area contributed by atoms with Crippen molar-refractivity contribution in [3.8, 4) is 0 Å². The van der Waals surface area contributed by atoms with E-state index in [4.69, 9.17) is 9.47 Å². The zero-order valence-corrected chi connectivity index (χ0v) is 14.4. The van der Waals surface area contributed by atoms with Crippen molar-refractivity contribution >= 4 is 11.9 Å². The Balaban J connectivity index is 1.38. The van der Waals surface area contributed by atoms with Crippen molar-refractivity contribution in [3.63, 3.8) is 0 Å². The summed E-state index contributed by atoms with van der Waals surface area (Å²) >= 11 is 0. The minimum atomic E-state index is -0.434. The number of carbonyl (C=O) groups is 1. The van der Waals surface area contributed by atoms with Crippen LogP contribution in [0.4, 0.5) is 5.95 Å². The lowest BCUT2D eigenvalue weighted by atomic mass is 10.0. The average Bonchev–Trinajstić information content (AvgIpc) is 3.15. The van der Waals surface area contributed by atoms with Gasteiger partial charge in [-0.15, -0.1) is 0 Å². The van der Waals surface area contributed by atoms with Gasteiger partial charge in [0.15, 0.2) is 5.79 Å². The van der Waals surface area contributed by atoms with Crippen LogP contribution in [0.15, 0.2) is 36.8 Å². The van der Waals surface area contributed by atoms with Gasteiger partial charge in [-0.05, 0) is 23.8 Å². The standard InChI is InChI=1S/C18H21N5O3/c24-16(21-13-14-1-6-19-7-2-14)15-3-8-20-17(22-15)23-9-4-18(5-10-23)25-11-12-26-18/h1-3,6-8H,4-5,9-13H2,(H,21,24). The molecule has 4 rings (SSSR count). The number of hydrogen-bond donors (Lipinski definition) is 1. The molecule has 1 amide bonds. The van der Waals surface area contributed by atoms with E-state index in [1.807, 2.05) is 12.1 Å². The minimum Gasteiger partial charge on any atom is -0.347 e. The third-order valence-electron chi connectivity index (χ3n) is 4.70. The van der Waals surface area contributed by atoms with Gasteiger partial charge in [-0.2, -0.15) is 0 Å². The van der Waals surface area contributed by atoms with E-state index in [0.29, 0.717) is 31.4 Å². The molecular weight excluding hydrogens is 334 g/mol. The highest BCUT2D eigenvalue weighted by Crippen LogP contribution is 2.32. The largest absolute Gasteiger partial charge is 0.347 e. The van der Waals surface area contributed by atoms with E-state index < -0.39 is 5.79 Å². The second kappa shape index (κ2) is 7.35. The fourth-order valence-corrected chi connectivity index (χ4v) is 3.23. The number of rotatable bonds is 4. The van der Waals surface area contributed by atoms with Crippen LogP contribution in [0.3, 0.4) is 0 Å². The summed E-state index contributed by atoms with van der Waals surface area (Å²) in [5.74, 6) is -0.0912. The first-order chi connectivity index (χ1) is 12.7. The van der Waals surface area contributed by atoms with Crippen LogP contribution in [0.2, 0.25) is 0 Å². The van der Waals surface area contributed by atoms with Crippen molar-refractivity contribution in [2.75, 3.05) is 31.2 Å². The first-order valence-corrected chi connectivity index (χ1v) is 8.77. The third-order valence-corrected chi connectivity index (χ3v) is 4.70. The van der Waals surface area contributed by atoms with E-state index in [9.17, 15) is 4.79 Å². The van der Waals surface area contributed by atoms with Gasteiger partial charge >= 0.3 is 0 Å². The number of amides is 1. The zero-order valence-electron chi connectivity index (χ0n) is 14.4. The maximum atomic E-state index is 12.4. The Kier molecular flexibility index (Phi) is 4.77. The van der Waals surface area contributed by atoms with Crippen LogP contribution >= 0.6 is 0 Å². The predicted molar refractivity (Wildman–Crippen MR) is 93.5 cm³/mol. The van der Waals surface area contributed by atoms with Crippen molar-refractivity contribution in [1.29, 1.82) is 0 Å². The summed E-state index contributed by atoms with van der Waals surface area (Å²) in [7, 11) is 0. The van der Waals surface area contributed by atoms with E-state index in [2.05, 4.69) is 25.2 Å². The van der Waals surface area contributed by atoms with Gasteiger partial charge < -0.3 is 19.7 Å². The normalized spacial score (nSPS) is 18.8. The Bertz CT molecular complexity index is 754. The summed E-state index contributed by atoms with van der Waals surface area (Å²) in [6.45, 7) is 3.22. The van der Waals surface area contributed by atoms with Gasteiger partial charge in [0.1, 0.15) is 5.69 Å². The molecule has 2 aromatic rings. The van der Waals surface area contributed by atoms with Gasteiger partial charge in [-0.25, -0.2) is 9.97 Å². The van der Waals surface area contributed by atoms with Gasteiger partial charge in [0.2, 0.25) is 5.95 Å². The molecule has 0 saturated carbocycles. The number of ether oxygens (including phenoxy) is 2. The Morgan fingerprint density at radius 3 is 2.58 bits per heavy atom. The molecule has 2 aliphatic rings. The van der Waals surface area contributed by atoms with Crippen LogP contribution in [-0.4, -0.2) is 52.9 Å². The summed E-state index contributed by atoms with van der Waals surface area (Å²) in [6, 6.07) is 5.35. The lowest BCUT2D eigenvalue weighted by Gasteiger charge is -2.37. The molecule has 136 valence electrons. The first kappa shape index (κ1) is 16.9. The fourth-order valence-electron chi connectivity index (χ4n) is 3.23. The zero-order chi connectivity index (χ0) is 17.8. The van der Waals surface area contributed by atoms with Crippen molar-refractivity contribution in [3.05, 3.63) is 48.0 Å². The molecule has 2 aromatic heterocycles. The fraction of sp³-hybridized carbons (Fsp3) is 0.444. The predicted octanol–water partition coefficient (Wildman–Crippen LogP) is 1.14. The highest BCUT2D eigenvalue weighted by Gasteiger charge is 2.40. The van der Waals surface area contributed by atoms with E-state index in [1.54, 1.807) is 24.7 Å². The van der Waals surface area contributed by atoms with Gasteiger partial charge in [-0.3, -0.25) is 9.78 Å². The molecular formula is C18H21N5O3. The van der Waals surface area contributed by atoms with E-state index in [-0.39, 0.29) is 5.91 Å². The maximum Gasteiger partial charge on any atom is 0.270 e. The lowest BCUT2D eigenvalue weighted by Crippen LogP contribution is -2.45. The SMILES string of the molecule is O=C(NCc1ccncc1)c1ccnc(N2CCC3(CC2)OCCO3)n1. The summed E-state index contributed by atoms with van der Waals surface area (Å²) in [5.41, 5.74) is 1.35. The molecule has 0 unspecified atom stereocenters. The Labute approximate surface area is 151 Å². The number of hydrogen-bond acceptors (Lipinski definition) is 7. The highest BCUT2D eigenvalue weighted by atomic mass is 16.7. The summed E-state index contributed by atoms with van der Waals surface area (Å²) in [5, 5.41) is 2.87. The van der Waals surface area contributed by atoms with E-state index in [0.717, 1.165) is 31.5 Å². The molecule has 1 spiro atoms. The average molecular weight is 355 g/mol. The topological polar surface area (TPSA) is 89.5 Å². The van der Waals surface area contributed by atoms with Crippen LogP contribution in [0, 0.1) is 0 Å². The highest BCUT2D eigenvalue weighted by molar-refractivity contribution is 5.92. The van der Waals surface area contributed by atoms with E-state index in [1.165, 1.54) is 0 Å². The van der Waals surface area contributed by atoms with Crippen LogP contribution < -0.4 is 10.2 Å². The molecule has 26 heavy (non-hydrogen) atoms. The molecule has 2 fully saturated rings. The number of nitrogens with zero attached hydrogens (tertiary/aromatic N) is 4. The molecule has 0 aliphatic carbocycles. The summed E-state index contributed by atoms with van der Waals surface area (Å²) in [4.78, 5) is 27.2. The van der Waals surface area contributed by atoms with Crippen molar-refractivity contribution < 1.29 is 14.3 Å². The number of nitrogens with one attached hydrogen (secondary N) is 1. The first-order valence-electron chi connectivity index (χ1n) is 8.77. The Morgan fingerprint density at radius 2 is 1.85 bits per heavy atom. The van der Waals surface area contributed by atoms with Gasteiger partial charge in [0.25, 0.3) is 5.91 Å². The Hall–Kier alpha value is -2.58. The maximum absolute atomic E-state index is 12.4. The van der Waals surface area contributed by atoms with Gasteiger partial charge in [-0.1, -0.05) is 0 Å². The third kappa shape index (κ3) is 3.66. The second-order valence-electron chi connectivity index (χ2n) is 6.37. The molecule has 0 atom stereocenters. The molecule has 0 radical (unpaired) electrons. The number of carbonyl (C=O) groups excluding carboxylic acids is 1. The number of pyridine rings is 1. The van der Waals surface area contributed by atoms with Crippen molar-refractivity contribution in [1.82, 2.24) is 20.3 Å². The van der Waals surface area contributed by atoms with Crippen LogP contribution in [0.5, 0.6) is 0 Å². The Morgan fingerprint density at radius 1 is 1.12 bits per heavy atom. The molecule has 8 nitrogen and oxygen atoms in total. The molecule has 0 bridgehead atoms. The smallest absolute Gasteiger partial charge is 0.270 e. The molecule has 2 saturated heterocycles. The molecule has 0 aromatic carbocycles. The number of aromatic nitrogens is 3. The minimum absolute atomic E-state index is 0.221. The molecule has 4 heterocycles. The van der Waals surface area contributed by atoms with E-state index >= 15 is 0 Å². The van der Waals surface area contributed by atoms with Crippen LogP contribution in [-0.2, 0) is 16.0 Å². The van der Waals surface area contributed by atoms with Gasteiger partial charge in [0, 0.05) is 51.1 Å². The summed E-state index contributed by atoms with van der Waals surface area (Å²) < 4.78 is 11.5. The quantitative estimate of drug-likeness (QED) is 0.880. The van der Waals surface area contributed by atoms with Crippen LogP contribution in [0.1, 0.15) is 28.9 Å². The number of piperidine rings is 1.